The molecule has 2 N–H and O–H groups in total. The van der Waals surface area contributed by atoms with Gasteiger partial charge in [0.25, 0.3) is 0 Å². The number of aryl methyl sites for hydroxylation is 1. The SMILES string of the molecule is CC(C)(C)N.CC1=CC=NCN1C(C)c1cnc(OCC(F)(F)F)c(C)c1. The molecule has 1 aliphatic heterocycles. The van der Waals surface area contributed by atoms with E-state index in [-0.39, 0.29) is 17.5 Å². The Bertz CT molecular complexity index is 673. The first-order valence-electron chi connectivity index (χ1n) is 8.66. The van der Waals surface area contributed by atoms with Crippen LogP contribution in [0.5, 0.6) is 5.88 Å². The minimum absolute atomic E-state index is 0. The van der Waals surface area contributed by atoms with E-state index in [4.69, 9.17) is 10.5 Å². The number of halogens is 3. The number of rotatable bonds is 4. The third-order valence-corrected chi connectivity index (χ3v) is 3.48. The molecule has 152 valence electrons. The maximum absolute atomic E-state index is 12.2. The van der Waals surface area contributed by atoms with E-state index in [2.05, 4.69) is 14.9 Å². The Kier molecular flexibility index (Phi) is 7.83. The van der Waals surface area contributed by atoms with E-state index in [1.165, 1.54) is 0 Å². The van der Waals surface area contributed by atoms with Crippen LogP contribution >= 0.6 is 0 Å². The van der Waals surface area contributed by atoms with Crippen LogP contribution in [0.1, 0.15) is 51.8 Å². The minimum atomic E-state index is -4.37. The molecule has 2 rings (SSSR count). The fraction of sp³-hybridized carbons (Fsp3) is 0.579. The lowest BCUT2D eigenvalue weighted by atomic mass is 10.1. The van der Waals surface area contributed by atoms with E-state index in [1.54, 1.807) is 25.4 Å². The van der Waals surface area contributed by atoms with Gasteiger partial charge in [-0.05, 0) is 59.2 Å². The van der Waals surface area contributed by atoms with E-state index in [0.717, 1.165) is 11.3 Å². The lowest BCUT2D eigenvalue weighted by Crippen LogP contribution is -2.27. The zero-order chi connectivity index (χ0) is 20.8. The van der Waals surface area contributed by atoms with Crippen molar-refractivity contribution >= 4 is 6.21 Å². The van der Waals surface area contributed by atoms with Gasteiger partial charge in [0.1, 0.15) is 6.67 Å². The summed E-state index contributed by atoms with van der Waals surface area (Å²) in [5.74, 6) is 0.0113. The first-order valence-corrected chi connectivity index (χ1v) is 8.66. The lowest BCUT2D eigenvalue weighted by molar-refractivity contribution is -0.154. The maximum atomic E-state index is 12.2. The van der Waals surface area contributed by atoms with Crippen LogP contribution in [0, 0.1) is 6.92 Å². The fourth-order valence-corrected chi connectivity index (χ4v) is 2.22. The van der Waals surface area contributed by atoms with E-state index in [0.29, 0.717) is 12.2 Å². The Morgan fingerprint density at radius 1 is 1.26 bits per heavy atom. The molecule has 1 aliphatic rings. The molecule has 0 radical (unpaired) electrons. The largest absolute Gasteiger partial charge is 0.468 e. The molecular weight excluding hydrogens is 357 g/mol. The number of ether oxygens (including phenoxy) is 1. The predicted molar refractivity (Wildman–Crippen MR) is 102 cm³/mol. The summed E-state index contributed by atoms with van der Waals surface area (Å²) < 4.78 is 41.3. The van der Waals surface area contributed by atoms with Gasteiger partial charge in [0.05, 0.1) is 6.04 Å². The molecular formula is C19H29F3N4O. The third-order valence-electron chi connectivity index (χ3n) is 3.48. The summed E-state index contributed by atoms with van der Waals surface area (Å²) in [7, 11) is 0. The highest BCUT2D eigenvalue weighted by Gasteiger charge is 2.29. The lowest BCUT2D eigenvalue weighted by Gasteiger charge is -2.32. The van der Waals surface area contributed by atoms with E-state index >= 15 is 0 Å². The van der Waals surface area contributed by atoms with Gasteiger partial charge in [-0.3, -0.25) is 4.99 Å². The van der Waals surface area contributed by atoms with Gasteiger partial charge in [-0.2, -0.15) is 13.2 Å². The normalized spacial score (nSPS) is 15.6. The van der Waals surface area contributed by atoms with E-state index in [1.807, 2.05) is 40.7 Å². The molecule has 5 nitrogen and oxygen atoms in total. The highest BCUT2D eigenvalue weighted by atomic mass is 19.4. The van der Waals surface area contributed by atoms with Crippen LogP contribution < -0.4 is 10.5 Å². The Hall–Kier alpha value is -2.09. The van der Waals surface area contributed by atoms with E-state index in [9.17, 15) is 13.2 Å². The number of hydrogen-bond acceptors (Lipinski definition) is 5. The van der Waals surface area contributed by atoms with Crippen molar-refractivity contribution in [2.45, 2.75) is 59.3 Å². The Balaban J connectivity index is 0.000000646. The average Bonchev–Trinajstić information content (AvgIpc) is 2.51. The molecule has 1 atom stereocenters. The molecule has 0 spiro atoms. The molecule has 1 aromatic rings. The van der Waals surface area contributed by atoms with Gasteiger partial charge in [-0.25, -0.2) is 4.98 Å². The van der Waals surface area contributed by atoms with Gasteiger partial charge in [0.2, 0.25) is 5.88 Å². The predicted octanol–water partition coefficient (Wildman–Crippen LogP) is 4.38. The van der Waals surface area contributed by atoms with Crippen molar-refractivity contribution in [1.82, 2.24) is 9.88 Å². The first kappa shape index (κ1) is 23.0. The van der Waals surface area contributed by atoms with Crippen molar-refractivity contribution in [3.8, 4) is 5.88 Å². The molecule has 1 unspecified atom stereocenters. The highest BCUT2D eigenvalue weighted by molar-refractivity contribution is 5.72. The number of aliphatic imine (C=N–C) groups is 1. The summed E-state index contributed by atoms with van der Waals surface area (Å²) in [6.45, 7) is 10.8. The van der Waals surface area contributed by atoms with Crippen molar-refractivity contribution in [2.75, 3.05) is 13.3 Å². The van der Waals surface area contributed by atoms with Crippen molar-refractivity contribution in [1.29, 1.82) is 0 Å². The van der Waals surface area contributed by atoms with Crippen molar-refractivity contribution < 1.29 is 17.9 Å². The molecule has 0 fully saturated rings. The van der Waals surface area contributed by atoms with Gasteiger partial charge < -0.3 is 15.4 Å². The van der Waals surface area contributed by atoms with Gasteiger partial charge in [-0.1, -0.05) is 0 Å². The fourth-order valence-electron chi connectivity index (χ4n) is 2.22. The maximum Gasteiger partial charge on any atom is 0.422 e. The van der Waals surface area contributed by atoms with Crippen LogP contribution in [0.25, 0.3) is 0 Å². The molecule has 8 heteroatoms. The second-order valence-electron chi connectivity index (χ2n) is 7.59. The number of nitrogens with zero attached hydrogens (tertiary/aromatic N) is 3. The standard InChI is InChI=1S/C15H18F3N3O.C4H11N/c1-10-6-13(7-20-14(10)22-8-15(16,17)18)12(3)21-9-19-5-4-11(21)2;1-4(2,3)5/h4-7,12H,8-9H2,1-3H3;5H2,1-3H3. The molecule has 0 aliphatic carbocycles. The summed E-state index contributed by atoms with van der Waals surface area (Å²) in [6, 6.07) is 1.83. The van der Waals surface area contributed by atoms with Crippen LogP contribution in [0.2, 0.25) is 0 Å². The number of aromatic nitrogens is 1. The van der Waals surface area contributed by atoms with Crippen LogP contribution in [0.15, 0.2) is 29.0 Å². The zero-order valence-corrected chi connectivity index (χ0v) is 16.8. The summed E-state index contributed by atoms with van der Waals surface area (Å²) in [5, 5.41) is 0. The van der Waals surface area contributed by atoms with Crippen molar-refractivity contribution in [2.24, 2.45) is 10.7 Å². The van der Waals surface area contributed by atoms with Crippen molar-refractivity contribution in [3.05, 3.63) is 35.2 Å². The number of alkyl halides is 3. The van der Waals surface area contributed by atoms with Gasteiger partial charge >= 0.3 is 6.18 Å². The topological polar surface area (TPSA) is 63.7 Å². The molecule has 0 aromatic carbocycles. The van der Waals surface area contributed by atoms with Crippen LogP contribution in [-0.4, -0.2) is 41.1 Å². The second-order valence-corrected chi connectivity index (χ2v) is 7.59. The Labute approximate surface area is 159 Å². The van der Waals surface area contributed by atoms with Gasteiger partial charge in [0.15, 0.2) is 6.61 Å². The molecule has 0 amide bonds. The van der Waals surface area contributed by atoms with Crippen LogP contribution in [0.4, 0.5) is 13.2 Å². The molecule has 0 saturated heterocycles. The summed E-state index contributed by atoms with van der Waals surface area (Å²) in [4.78, 5) is 10.3. The molecule has 0 bridgehead atoms. The molecule has 1 aromatic heterocycles. The number of allylic oxidation sites excluding steroid dienone is 2. The molecule has 0 saturated carbocycles. The second kappa shape index (κ2) is 9.21. The minimum Gasteiger partial charge on any atom is -0.468 e. The Morgan fingerprint density at radius 3 is 2.33 bits per heavy atom. The molecule has 27 heavy (non-hydrogen) atoms. The third kappa shape index (κ3) is 8.90. The number of pyridine rings is 1. The zero-order valence-electron chi connectivity index (χ0n) is 16.8. The average molecular weight is 386 g/mol. The van der Waals surface area contributed by atoms with Crippen LogP contribution in [-0.2, 0) is 0 Å². The van der Waals surface area contributed by atoms with Gasteiger partial charge in [0, 0.05) is 29.2 Å². The number of hydrogen-bond donors (Lipinski definition) is 1. The van der Waals surface area contributed by atoms with Crippen molar-refractivity contribution in [3.63, 3.8) is 0 Å². The van der Waals surface area contributed by atoms with E-state index < -0.39 is 12.8 Å². The Morgan fingerprint density at radius 2 is 1.85 bits per heavy atom. The smallest absolute Gasteiger partial charge is 0.422 e. The quantitative estimate of drug-likeness (QED) is 0.834. The first-order chi connectivity index (χ1) is 12.3. The number of nitrogens with two attached hydrogens (primary N) is 1. The van der Waals surface area contributed by atoms with Gasteiger partial charge in [-0.15, -0.1) is 0 Å². The monoisotopic (exact) mass is 386 g/mol. The van der Waals surface area contributed by atoms with Crippen LogP contribution in [0.3, 0.4) is 0 Å². The highest BCUT2D eigenvalue weighted by Crippen LogP contribution is 2.28. The summed E-state index contributed by atoms with van der Waals surface area (Å²) in [6.07, 6.45) is 0.861. The molecule has 2 heterocycles. The summed E-state index contributed by atoms with van der Waals surface area (Å²) in [5.41, 5.74) is 7.92. The summed E-state index contributed by atoms with van der Waals surface area (Å²) >= 11 is 0.